The zero-order valence-corrected chi connectivity index (χ0v) is 34.2. The minimum Gasteiger partial charge on any atom is -0.446 e. The molecular formula is C47H53FN8O4. The number of ether oxygens (including phenoxy) is 1. The molecule has 3 aromatic carbocycles. The molecular weight excluding hydrogens is 760 g/mol. The van der Waals surface area contributed by atoms with Gasteiger partial charge in [0.2, 0.25) is 17.8 Å². The smallest absolute Gasteiger partial charge is 0.410 e. The number of nitrogens with zero attached hydrogens (tertiary/aromatic N) is 6. The lowest BCUT2D eigenvalue weighted by atomic mass is 9.87. The number of hydrogen-bond acceptors (Lipinski definition) is 9. The van der Waals surface area contributed by atoms with Crippen LogP contribution >= 0.6 is 0 Å². The van der Waals surface area contributed by atoms with Crippen molar-refractivity contribution in [2.24, 2.45) is 13.0 Å². The van der Waals surface area contributed by atoms with Crippen LogP contribution in [0.25, 0.3) is 33.3 Å². The number of hydrogen-bond donors (Lipinski definition) is 2. The number of carbonyl (C=O) groups is 3. The van der Waals surface area contributed by atoms with E-state index in [-0.39, 0.29) is 35.7 Å². The van der Waals surface area contributed by atoms with E-state index in [1.807, 2.05) is 71.2 Å². The van der Waals surface area contributed by atoms with Gasteiger partial charge in [-0.15, -0.1) is 0 Å². The van der Waals surface area contributed by atoms with Crippen molar-refractivity contribution >= 4 is 34.8 Å². The highest BCUT2D eigenvalue weighted by atomic mass is 19.1. The van der Waals surface area contributed by atoms with Crippen molar-refractivity contribution in [2.75, 3.05) is 38.0 Å². The summed E-state index contributed by atoms with van der Waals surface area (Å²) in [5, 5.41) is 11.6. The minimum atomic E-state index is -0.465. The van der Waals surface area contributed by atoms with E-state index in [2.05, 4.69) is 43.7 Å². The molecule has 1 saturated carbocycles. The van der Waals surface area contributed by atoms with E-state index in [0.717, 1.165) is 112 Å². The van der Waals surface area contributed by atoms with Crippen molar-refractivity contribution in [3.05, 3.63) is 96.1 Å². The molecule has 3 amide bonds. The Balaban J connectivity index is 0.700. The van der Waals surface area contributed by atoms with Gasteiger partial charge in [0, 0.05) is 50.1 Å². The molecule has 3 saturated heterocycles. The third-order valence-corrected chi connectivity index (χ3v) is 13.2. The van der Waals surface area contributed by atoms with Gasteiger partial charge >= 0.3 is 6.09 Å². The lowest BCUT2D eigenvalue weighted by Crippen LogP contribution is -2.44. The Kier molecular flexibility index (Phi) is 11.6. The molecule has 4 aliphatic rings. The summed E-state index contributed by atoms with van der Waals surface area (Å²) in [5.41, 5.74) is 6.11. The number of likely N-dealkylation sites (tertiary alicyclic amines) is 2. The SMILES string of the molecule is Cn1nc(C2CCC(=O)NC2=O)c2ccc(C3CCN(CC4CCN(C(=O)O[C@H]5CC[C@H](Nc6ncc(F)c(-c7cccc(-c8ccccc8)c7)n6)CC5)CC4)CC3)cc21. The molecule has 13 heteroatoms. The van der Waals surface area contributed by atoms with Gasteiger partial charge in [-0.2, -0.15) is 5.10 Å². The lowest BCUT2D eigenvalue weighted by Gasteiger charge is -2.38. The number of anilines is 1. The molecule has 9 rings (SSSR count). The van der Waals surface area contributed by atoms with Gasteiger partial charge < -0.3 is 19.9 Å². The first-order valence-corrected chi connectivity index (χ1v) is 21.7. The average molecular weight is 813 g/mol. The Bertz CT molecular complexity index is 2350. The highest BCUT2D eigenvalue weighted by molar-refractivity contribution is 6.02. The van der Waals surface area contributed by atoms with Crippen molar-refractivity contribution in [2.45, 2.75) is 88.2 Å². The highest BCUT2D eigenvalue weighted by Gasteiger charge is 2.33. The maximum atomic E-state index is 15.0. The summed E-state index contributed by atoms with van der Waals surface area (Å²) in [4.78, 5) is 50.8. The number of rotatable bonds is 9. The first-order valence-electron chi connectivity index (χ1n) is 21.7. The second kappa shape index (κ2) is 17.5. The molecule has 60 heavy (non-hydrogen) atoms. The second-order valence-corrected chi connectivity index (χ2v) is 17.1. The Morgan fingerprint density at radius 2 is 1.60 bits per heavy atom. The number of aromatic nitrogens is 4. The van der Waals surface area contributed by atoms with E-state index >= 15 is 0 Å². The zero-order chi connectivity index (χ0) is 41.2. The summed E-state index contributed by atoms with van der Waals surface area (Å²) >= 11 is 0. The maximum absolute atomic E-state index is 15.0. The molecule has 0 bridgehead atoms. The second-order valence-electron chi connectivity index (χ2n) is 17.1. The molecule has 1 unspecified atom stereocenters. The quantitative estimate of drug-likeness (QED) is 0.143. The Hall–Kier alpha value is -5.69. The number of piperidine rings is 3. The van der Waals surface area contributed by atoms with Crippen LogP contribution in [-0.4, -0.2) is 92.3 Å². The lowest BCUT2D eigenvalue weighted by molar-refractivity contribution is -0.134. The van der Waals surface area contributed by atoms with Crippen molar-refractivity contribution < 1.29 is 23.5 Å². The van der Waals surface area contributed by atoms with E-state index in [4.69, 9.17) is 9.84 Å². The molecule has 0 radical (unpaired) electrons. The fraction of sp³-hybridized carbons (Fsp3) is 0.447. The fourth-order valence-corrected chi connectivity index (χ4v) is 9.72. The van der Waals surface area contributed by atoms with Gasteiger partial charge in [0.15, 0.2) is 5.82 Å². The maximum Gasteiger partial charge on any atom is 0.410 e. The van der Waals surface area contributed by atoms with Crippen LogP contribution in [-0.2, 0) is 21.4 Å². The molecule has 4 fully saturated rings. The van der Waals surface area contributed by atoms with E-state index < -0.39 is 11.7 Å². The monoisotopic (exact) mass is 812 g/mol. The van der Waals surface area contributed by atoms with Crippen LogP contribution in [0.4, 0.5) is 15.1 Å². The van der Waals surface area contributed by atoms with Crippen LogP contribution in [0.15, 0.2) is 79.0 Å². The van der Waals surface area contributed by atoms with Gasteiger partial charge in [-0.05, 0) is 112 Å². The van der Waals surface area contributed by atoms with Gasteiger partial charge in [-0.3, -0.25) is 19.6 Å². The molecule has 5 aromatic rings. The number of imide groups is 1. The number of nitrogens with one attached hydrogen (secondary N) is 2. The van der Waals surface area contributed by atoms with Crippen LogP contribution < -0.4 is 10.6 Å². The standard InChI is InChI=1S/C47H53FN8O4/c1-54-41-27-34(10-15-38(41)44(53-54)39-16-17-42(57)51-45(39)58)32-20-22-55(23-21-32)29-30-18-24-56(25-19-30)47(59)60-37-13-11-36(12-14-37)50-46-49-28-40(48)43(52-46)35-9-5-8-33(26-35)31-6-3-2-4-7-31/h2-10,15,26-28,30,32,36-37,39H,11-14,16-25,29H2,1H3,(H,49,50,52)(H,51,57,58)/t36-,37-,39?. The summed E-state index contributed by atoms with van der Waals surface area (Å²) in [6.07, 6.45) is 9.00. The Labute approximate surface area is 349 Å². The van der Waals surface area contributed by atoms with E-state index in [1.165, 1.54) is 11.8 Å². The van der Waals surface area contributed by atoms with E-state index in [9.17, 15) is 18.8 Å². The summed E-state index contributed by atoms with van der Waals surface area (Å²) in [5.74, 6) is 0.0984. The summed E-state index contributed by atoms with van der Waals surface area (Å²) in [6.45, 7) is 4.60. The number of fused-ring (bicyclic) bond motifs is 1. The fourth-order valence-electron chi connectivity index (χ4n) is 9.72. The van der Waals surface area contributed by atoms with Crippen molar-refractivity contribution in [3.63, 3.8) is 0 Å². The molecule has 1 atom stereocenters. The van der Waals surface area contributed by atoms with Crippen LogP contribution in [0.5, 0.6) is 0 Å². The predicted octanol–water partition coefficient (Wildman–Crippen LogP) is 7.81. The van der Waals surface area contributed by atoms with Gasteiger partial charge in [-0.25, -0.2) is 19.2 Å². The first-order chi connectivity index (χ1) is 29.2. The topological polar surface area (TPSA) is 135 Å². The molecule has 3 aliphatic heterocycles. The predicted molar refractivity (Wildman–Crippen MR) is 228 cm³/mol. The van der Waals surface area contributed by atoms with E-state index in [1.54, 1.807) is 0 Å². The van der Waals surface area contributed by atoms with E-state index in [0.29, 0.717) is 36.2 Å². The normalized spacial score (nSPS) is 22.2. The number of carbonyl (C=O) groups excluding carboxylic acids is 3. The van der Waals surface area contributed by atoms with Crippen LogP contribution in [0.3, 0.4) is 0 Å². The summed E-state index contributed by atoms with van der Waals surface area (Å²) in [7, 11) is 1.93. The molecule has 312 valence electrons. The van der Waals surface area contributed by atoms with Gasteiger partial charge in [0.05, 0.1) is 23.3 Å². The molecule has 0 spiro atoms. The van der Waals surface area contributed by atoms with Gasteiger partial charge in [0.1, 0.15) is 11.8 Å². The molecule has 5 heterocycles. The molecule has 2 N–H and O–H groups in total. The highest BCUT2D eigenvalue weighted by Crippen LogP contribution is 2.35. The first kappa shape index (κ1) is 39.8. The van der Waals surface area contributed by atoms with Gasteiger partial charge in [-0.1, -0.05) is 60.7 Å². The number of aryl methyl sites for hydroxylation is 1. The molecule has 1 aliphatic carbocycles. The van der Waals surface area contributed by atoms with Crippen LogP contribution in [0.2, 0.25) is 0 Å². The van der Waals surface area contributed by atoms with Crippen molar-refractivity contribution in [3.8, 4) is 22.4 Å². The Morgan fingerprint density at radius 1 is 0.850 bits per heavy atom. The average Bonchev–Trinajstić information content (AvgIpc) is 3.60. The number of halogens is 1. The summed E-state index contributed by atoms with van der Waals surface area (Å²) in [6, 6.07) is 24.4. The number of amides is 3. The van der Waals surface area contributed by atoms with Crippen molar-refractivity contribution in [1.29, 1.82) is 0 Å². The van der Waals surface area contributed by atoms with Gasteiger partial charge in [0.25, 0.3) is 0 Å². The third kappa shape index (κ3) is 8.77. The molecule has 12 nitrogen and oxygen atoms in total. The zero-order valence-electron chi connectivity index (χ0n) is 34.2. The van der Waals surface area contributed by atoms with Crippen LogP contribution in [0, 0.1) is 11.7 Å². The number of benzene rings is 3. The minimum absolute atomic E-state index is 0.111. The summed E-state index contributed by atoms with van der Waals surface area (Å²) < 4.78 is 22.9. The van der Waals surface area contributed by atoms with Crippen molar-refractivity contribution in [1.82, 2.24) is 34.9 Å². The largest absolute Gasteiger partial charge is 0.446 e. The van der Waals surface area contributed by atoms with Crippen LogP contribution in [0.1, 0.15) is 87.3 Å². The third-order valence-electron chi connectivity index (χ3n) is 13.2. The molecule has 2 aromatic heterocycles. The Morgan fingerprint density at radius 3 is 2.37 bits per heavy atom.